The quantitative estimate of drug-likeness (QED) is 0.299. The van der Waals surface area contributed by atoms with E-state index in [1.165, 1.54) is 4.90 Å². The number of benzene rings is 2. The van der Waals surface area contributed by atoms with E-state index in [0.717, 1.165) is 49.0 Å². The van der Waals surface area contributed by atoms with Crippen LogP contribution in [0.4, 0.5) is 0 Å². The Hall–Kier alpha value is -3.43. The Morgan fingerprint density at radius 3 is 1.97 bits per heavy atom. The van der Waals surface area contributed by atoms with Gasteiger partial charge in [0, 0.05) is 6.54 Å². The molecule has 0 saturated carbocycles. The van der Waals surface area contributed by atoms with Crippen molar-refractivity contribution in [2.75, 3.05) is 13.2 Å². The summed E-state index contributed by atoms with van der Waals surface area (Å²) >= 11 is 0. The molecule has 4 unspecified atom stereocenters. The first kappa shape index (κ1) is 22.4. The van der Waals surface area contributed by atoms with Crippen LogP contribution in [0, 0.1) is 23.2 Å². The molecule has 2 saturated heterocycles. The number of hydrogen-bond acceptors (Lipinski definition) is 5. The van der Waals surface area contributed by atoms with Crippen molar-refractivity contribution in [2.45, 2.75) is 44.3 Å². The van der Waals surface area contributed by atoms with Gasteiger partial charge in [-0.3, -0.25) is 14.5 Å². The fourth-order valence-electron chi connectivity index (χ4n) is 5.16. The summed E-state index contributed by atoms with van der Waals surface area (Å²) in [6.07, 6.45) is 8.35. The monoisotopic (exact) mass is 456 g/mol. The number of unbranched alkanes of at least 4 members (excludes halogenated alkanes) is 4. The number of amides is 2. The van der Waals surface area contributed by atoms with Crippen LogP contribution in [0.3, 0.4) is 0 Å². The fourth-order valence-corrected chi connectivity index (χ4v) is 5.16. The predicted molar refractivity (Wildman–Crippen MR) is 127 cm³/mol. The Kier molecular flexibility index (Phi) is 6.46. The average Bonchev–Trinajstić information content (AvgIpc) is 3.56. The van der Waals surface area contributed by atoms with E-state index in [2.05, 4.69) is 6.07 Å². The van der Waals surface area contributed by atoms with Gasteiger partial charge in [0.25, 0.3) is 0 Å². The van der Waals surface area contributed by atoms with Gasteiger partial charge in [-0.05, 0) is 48.2 Å². The van der Waals surface area contributed by atoms with E-state index in [0.29, 0.717) is 18.7 Å². The van der Waals surface area contributed by atoms with Gasteiger partial charge in [-0.15, -0.1) is 0 Å². The second kappa shape index (κ2) is 9.82. The van der Waals surface area contributed by atoms with E-state index in [-0.39, 0.29) is 35.9 Å². The van der Waals surface area contributed by atoms with Crippen LogP contribution >= 0.6 is 0 Å². The molecule has 6 heteroatoms. The Balaban J connectivity index is 0.965. The highest BCUT2D eigenvalue weighted by molar-refractivity contribution is 6.06. The smallest absolute Gasteiger partial charge is 0.236 e. The van der Waals surface area contributed by atoms with Crippen molar-refractivity contribution in [3.63, 3.8) is 0 Å². The molecule has 3 aliphatic rings. The molecule has 6 nitrogen and oxygen atoms in total. The Bertz CT molecular complexity index is 1090. The lowest BCUT2D eigenvalue weighted by molar-refractivity contribution is -0.142. The Morgan fingerprint density at radius 1 is 0.794 bits per heavy atom. The maximum absolute atomic E-state index is 12.6. The number of hydrogen-bond donors (Lipinski definition) is 0. The number of carbonyl (C=O) groups excluding carboxylic acids is 2. The molecule has 2 fully saturated rings. The summed E-state index contributed by atoms with van der Waals surface area (Å²) in [6.45, 7) is 1.19. The molecule has 0 N–H and O–H groups in total. The summed E-state index contributed by atoms with van der Waals surface area (Å²) in [7, 11) is 0. The molecule has 2 bridgehead atoms. The summed E-state index contributed by atoms with van der Waals surface area (Å²) in [5, 5.41) is 8.91. The molecular formula is C28H28N2O4. The van der Waals surface area contributed by atoms with Gasteiger partial charge < -0.3 is 9.47 Å². The number of ether oxygens (including phenoxy) is 2. The van der Waals surface area contributed by atoms with E-state index in [9.17, 15) is 9.59 Å². The minimum absolute atomic E-state index is 0.0505. The number of likely N-dealkylation sites (tertiary alicyclic amines) is 1. The minimum Gasteiger partial charge on any atom is -0.494 e. The number of nitrogens with zero attached hydrogens (tertiary/aromatic N) is 2. The van der Waals surface area contributed by atoms with Gasteiger partial charge >= 0.3 is 0 Å². The van der Waals surface area contributed by atoms with Gasteiger partial charge in [0.2, 0.25) is 11.8 Å². The van der Waals surface area contributed by atoms with Crippen molar-refractivity contribution >= 4 is 11.8 Å². The van der Waals surface area contributed by atoms with Crippen molar-refractivity contribution < 1.29 is 19.1 Å². The average molecular weight is 457 g/mol. The van der Waals surface area contributed by atoms with Crippen molar-refractivity contribution in [1.29, 1.82) is 5.26 Å². The predicted octanol–water partition coefficient (Wildman–Crippen LogP) is 4.49. The molecule has 2 amide bonds. The summed E-state index contributed by atoms with van der Waals surface area (Å²) < 4.78 is 11.5. The number of rotatable bonds is 10. The molecule has 3 heterocycles. The Labute approximate surface area is 199 Å². The van der Waals surface area contributed by atoms with Crippen LogP contribution in [0.25, 0.3) is 11.1 Å². The van der Waals surface area contributed by atoms with Crippen molar-refractivity contribution in [2.24, 2.45) is 11.8 Å². The van der Waals surface area contributed by atoms with Gasteiger partial charge in [0.1, 0.15) is 5.75 Å². The molecule has 2 aromatic carbocycles. The van der Waals surface area contributed by atoms with Crippen molar-refractivity contribution in [3.05, 3.63) is 66.2 Å². The molecule has 0 aliphatic carbocycles. The Morgan fingerprint density at radius 2 is 1.35 bits per heavy atom. The number of nitriles is 1. The second-order valence-electron chi connectivity index (χ2n) is 9.16. The zero-order valence-electron chi connectivity index (χ0n) is 19.1. The highest BCUT2D eigenvalue weighted by Gasteiger charge is 2.60. The second-order valence-corrected chi connectivity index (χ2v) is 9.16. The molecule has 3 aliphatic heterocycles. The summed E-state index contributed by atoms with van der Waals surface area (Å²) in [5.74, 6) is 0.160. The lowest BCUT2D eigenvalue weighted by Gasteiger charge is -2.17. The molecule has 0 radical (unpaired) electrons. The SMILES string of the molecule is N#Cc1ccc(-c2ccc(OCCCCCCCN3C(=O)C4C5C=CC(O5)C4C3=O)cc2)cc1. The summed E-state index contributed by atoms with van der Waals surface area (Å²) in [6, 6.07) is 17.7. The van der Waals surface area contributed by atoms with Crippen LogP contribution in [0.5, 0.6) is 5.75 Å². The normalized spacial score (nSPS) is 24.5. The van der Waals surface area contributed by atoms with E-state index >= 15 is 0 Å². The summed E-state index contributed by atoms with van der Waals surface area (Å²) in [4.78, 5) is 26.7. The third-order valence-corrected chi connectivity index (χ3v) is 7.00. The lowest BCUT2D eigenvalue weighted by Crippen LogP contribution is -2.35. The van der Waals surface area contributed by atoms with Gasteiger partial charge in [-0.25, -0.2) is 0 Å². The maximum atomic E-state index is 12.6. The van der Waals surface area contributed by atoms with Crippen LogP contribution < -0.4 is 4.74 Å². The van der Waals surface area contributed by atoms with Crippen LogP contribution in [-0.2, 0) is 14.3 Å². The maximum Gasteiger partial charge on any atom is 0.236 e. The van der Waals surface area contributed by atoms with Gasteiger partial charge in [-0.1, -0.05) is 55.7 Å². The van der Waals surface area contributed by atoms with Crippen LogP contribution in [0.1, 0.15) is 37.7 Å². The number of imide groups is 1. The largest absolute Gasteiger partial charge is 0.494 e. The van der Waals surface area contributed by atoms with E-state index in [1.807, 2.05) is 60.7 Å². The molecule has 0 aromatic heterocycles. The van der Waals surface area contributed by atoms with E-state index in [4.69, 9.17) is 14.7 Å². The molecular weight excluding hydrogens is 428 g/mol. The van der Waals surface area contributed by atoms with Gasteiger partial charge in [0.05, 0.1) is 42.3 Å². The highest BCUT2D eigenvalue weighted by Crippen LogP contribution is 2.45. The van der Waals surface area contributed by atoms with Crippen LogP contribution in [-0.4, -0.2) is 42.1 Å². The fraction of sp³-hybridized carbons (Fsp3) is 0.393. The molecule has 0 spiro atoms. The first-order chi connectivity index (χ1) is 16.7. The number of fused-ring (bicyclic) bond motifs is 5. The first-order valence-corrected chi connectivity index (χ1v) is 12.1. The van der Waals surface area contributed by atoms with Gasteiger partial charge in [-0.2, -0.15) is 5.26 Å². The molecule has 34 heavy (non-hydrogen) atoms. The molecule has 174 valence electrons. The third-order valence-electron chi connectivity index (χ3n) is 7.00. The zero-order valence-corrected chi connectivity index (χ0v) is 19.1. The standard InChI is InChI=1S/C28H28N2O4/c29-18-19-6-8-20(9-7-19)21-10-12-22(13-11-21)33-17-5-3-1-2-4-16-30-27(31)25-23-14-15-24(34-23)26(25)28(30)32/h6-15,23-26H,1-5,16-17H2. The van der Waals surface area contributed by atoms with Gasteiger partial charge in [0.15, 0.2) is 0 Å². The van der Waals surface area contributed by atoms with Crippen molar-refractivity contribution in [1.82, 2.24) is 4.90 Å². The first-order valence-electron chi connectivity index (χ1n) is 12.1. The minimum atomic E-state index is -0.294. The van der Waals surface area contributed by atoms with Crippen LogP contribution in [0.2, 0.25) is 0 Å². The lowest BCUT2D eigenvalue weighted by atomic mass is 9.85. The molecule has 5 rings (SSSR count). The topological polar surface area (TPSA) is 79.6 Å². The molecule has 4 atom stereocenters. The van der Waals surface area contributed by atoms with Crippen LogP contribution in [0.15, 0.2) is 60.7 Å². The number of carbonyl (C=O) groups is 2. The third kappa shape index (κ3) is 4.36. The molecule has 2 aromatic rings. The summed E-state index contributed by atoms with van der Waals surface area (Å²) in [5.41, 5.74) is 2.82. The van der Waals surface area contributed by atoms with Crippen molar-refractivity contribution in [3.8, 4) is 22.9 Å². The van der Waals surface area contributed by atoms with E-state index < -0.39 is 0 Å². The zero-order chi connectivity index (χ0) is 23.5. The highest BCUT2D eigenvalue weighted by atomic mass is 16.5. The van der Waals surface area contributed by atoms with E-state index in [1.54, 1.807) is 0 Å².